The highest BCUT2D eigenvalue weighted by molar-refractivity contribution is 5.63. The molecule has 0 spiro atoms. The number of benzene rings is 2. The molecule has 29 heavy (non-hydrogen) atoms. The third-order valence-electron chi connectivity index (χ3n) is 4.59. The molecule has 1 N–H and O–H groups in total. The summed E-state index contributed by atoms with van der Waals surface area (Å²) in [6.07, 6.45) is 0. The van der Waals surface area contributed by atoms with Gasteiger partial charge in [0.2, 0.25) is 0 Å². The van der Waals surface area contributed by atoms with Gasteiger partial charge in [0.1, 0.15) is 17.5 Å². The standard InChI is InChI=1S/C23H28N4O2/c1-16(2)27(15-18-9-7-6-8-10-18)23-14-22(24-17(3)25-23)26-19-11-12-20(28-4)21(13-19)29-5/h6-14,16H,15H2,1-5H3,(H,24,25,26). The first-order chi connectivity index (χ1) is 14.0. The van der Waals surface area contributed by atoms with Gasteiger partial charge in [-0.25, -0.2) is 9.97 Å². The van der Waals surface area contributed by atoms with Crippen LogP contribution in [0.5, 0.6) is 11.5 Å². The van der Waals surface area contributed by atoms with Gasteiger partial charge in [0.25, 0.3) is 0 Å². The summed E-state index contributed by atoms with van der Waals surface area (Å²) in [7, 11) is 3.25. The van der Waals surface area contributed by atoms with Crippen LogP contribution in [0.4, 0.5) is 17.3 Å². The fraction of sp³-hybridized carbons (Fsp3) is 0.304. The lowest BCUT2D eigenvalue weighted by Crippen LogP contribution is -2.31. The Balaban J connectivity index is 1.88. The highest BCUT2D eigenvalue weighted by atomic mass is 16.5. The number of aryl methyl sites for hydroxylation is 1. The van der Waals surface area contributed by atoms with E-state index >= 15 is 0 Å². The summed E-state index contributed by atoms with van der Waals surface area (Å²) in [4.78, 5) is 11.5. The van der Waals surface area contributed by atoms with E-state index in [1.54, 1.807) is 14.2 Å². The first-order valence-corrected chi connectivity index (χ1v) is 9.65. The minimum atomic E-state index is 0.290. The van der Waals surface area contributed by atoms with Crippen LogP contribution in [0.25, 0.3) is 0 Å². The average Bonchev–Trinajstić information content (AvgIpc) is 2.72. The number of nitrogens with one attached hydrogen (secondary N) is 1. The third kappa shape index (κ3) is 5.16. The third-order valence-corrected chi connectivity index (χ3v) is 4.59. The van der Waals surface area contributed by atoms with Crippen LogP contribution in [0.15, 0.2) is 54.6 Å². The Hall–Kier alpha value is -3.28. The van der Waals surface area contributed by atoms with Gasteiger partial charge in [0.15, 0.2) is 11.5 Å². The molecule has 1 heterocycles. The summed E-state index contributed by atoms with van der Waals surface area (Å²) in [5, 5.41) is 3.36. The second kappa shape index (κ2) is 9.28. The van der Waals surface area contributed by atoms with Crippen LogP contribution in [0, 0.1) is 6.92 Å². The molecule has 0 fully saturated rings. The predicted octanol–water partition coefficient (Wildman–Crippen LogP) is 4.96. The van der Waals surface area contributed by atoms with E-state index in [9.17, 15) is 0 Å². The molecule has 0 amide bonds. The summed E-state index contributed by atoms with van der Waals surface area (Å²) >= 11 is 0. The van der Waals surface area contributed by atoms with Crippen LogP contribution in [0.1, 0.15) is 25.2 Å². The smallest absolute Gasteiger partial charge is 0.162 e. The lowest BCUT2D eigenvalue weighted by Gasteiger charge is -2.28. The normalized spacial score (nSPS) is 10.7. The van der Waals surface area contributed by atoms with Gasteiger partial charge < -0.3 is 19.7 Å². The van der Waals surface area contributed by atoms with E-state index in [0.29, 0.717) is 23.4 Å². The molecule has 2 aromatic carbocycles. The Morgan fingerprint density at radius 3 is 2.31 bits per heavy atom. The van der Waals surface area contributed by atoms with Crippen molar-refractivity contribution < 1.29 is 9.47 Å². The van der Waals surface area contributed by atoms with Crippen LogP contribution >= 0.6 is 0 Å². The quantitative estimate of drug-likeness (QED) is 0.585. The van der Waals surface area contributed by atoms with Crippen LogP contribution in [-0.4, -0.2) is 30.2 Å². The topological polar surface area (TPSA) is 59.5 Å². The highest BCUT2D eigenvalue weighted by Crippen LogP contribution is 2.31. The van der Waals surface area contributed by atoms with Gasteiger partial charge in [-0.15, -0.1) is 0 Å². The molecule has 6 nitrogen and oxygen atoms in total. The maximum Gasteiger partial charge on any atom is 0.162 e. The summed E-state index contributed by atoms with van der Waals surface area (Å²) in [6.45, 7) is 7.03. The molecule has 3 aromatic rings. The Morgan fingerprint density at radius 2 is 1.66 bits per heavy atom. The monoisotopic (exact) mass is 392 g/mol. The summed E-state index contributed by atoms with van der Waals surface area (Å²) in [5.41, 5.74) is 2.11. The van der Waals surface area contributed by atoms with E-state index in [2.05, 4.69) is 58.3 Å². The van der Waals surface area contributed by atoms with Crippen molar-refractivity contribution >= 4 is 17.3 Å². The van der Waals surface area contributed by atoms with Gasteiger partial charge in [-0.3, -0.25) is 0 Å². The molecule has 1 aromatic heterocycles. The molecule has 3 rings (SSSR count). The SMILES string of the molecule is COc1ccc(Nc2cc(N(Cc3ccccc3)C(C)C)nc(C)n2)cc1OC. The molecule has 0 aliphatic heterocycles. The zero-order valence-electron chi connectivity index (χ0n) is 17.6. The van der Waals surface area contributed by atoms with Gasteiger partial charge >= 0.3 is 0 Å². The second-order valence-corrected chi connectivity index (χ2v) is 7.06. The first-order valence-electron chi connectivity index (χ1n) is 9.65. The molecular formula is C23H28N4O2. The average molecular weight is 393 g/mol. The second-order valence-electron chi connectivity index (χ2n) is 7.06. The fourth-order valence-electron chi connectivity index (χ4n) is 3.13. The van der Waals surface area contributed by atoms with Crippen LogP contribution in [0.3, 0.4) is 0 Å². The van der Waals surface area contributed by atoms with Gasteiger partial charge in [-0.2, -0.15) is 0 Å². The molecule has 0 bridgehead atoms. The van der Waals surface area contributed by atoms with E-state index in [1.807, 2.05) is 37.3 Å². The number of hydrogen-bond donors (Lipinski definition) is 1. The van der Waals surface area contributed by atoms with Crippen LogP contribution < -0.4 is 19.7 Å². The van der Waals surface area contributed by atoms with E-state index in [4.69, 9.17) is 9.47 Å². The van der Waals surface area contributed by atoms with Gasteiger partial charge in [0.05, 0.1) is 14.2 Å². The van der Waals surface area contributed by atoms with Gasteiger partial charge in [0, 0.05) is 30.4 Å². The van der Waals surface area contributed by atoms with Crippen molar-refractivity contribution in [1.82, 2.24) is 9.97 Å². The lowest BCUT2D eigenvalue weighted by molar-refractivity contribution is 0.355. The van der Waals surface area contributed by atoms with Crippen molar-refractivity contribution in [1.29, 1.82) is 0 Å². The number of ether oxygens (including phenoxy) is 2. The predicted molar refractivity (Wildman–Crippen MR) is 117 cm³/mol. The Morgan fingerprint density at radius 1 is 0.931 bits per heavy atom. The van der Waals surface area contributed by atoms with E-state index in [0.717, 1.165) is 23.9 Å². The van der Waals surface area contributed by atoms with Crippen molar-refractivity contribution in [2.24, 2.45) is 0 Å². The minimum Gasteiger partial charge on any atom is -0.493 e. The van der Waals surface area contributed by atoms with Crippen molar-refractivity contribution in [2.75, 3.05) is 24.4 Å². The van der Waals surface area contributed by atoms with Crippen LogP contribution in [-0.2, 0) is 6.54 Å². The van der Waals surface area contributed by atoms with Crippen LogP contribution in [0.2, 0.25) is 0 Å². The molecular weight excluding hydrogens is 364 g/mol. The maximum absolute atomic E-state index is 5.39. The summed E-state index contributed by atoms with van der Waals surface area (Å²) < 4.78 is 10.7. The van der Waals surface area contributed by atoms with Crippen molar-refractivity contribution in [2.45, 2.75) is 33.4 Å². The van der Waals surface area contributed by atoms with E-state index in [-0.39, 0.29) is 0 Å². The molecule has 0 saturated carbocycles. The number of rotatable bonds is 8. The number of methoxy groups -OCH3 is 2. The Labute approximate surface area is 172 Å². The zero-order valence-corrected chi connectivity index (χ0v) is 17.6. The molecule has 0 radical (unpaired) electrons. The molecule has 6 heteroatoms. The molecule has 0 aliphatic carbocycles. The van der Waals surface area contributed by atoms with Gasteiger partial charge in [-0.1, -0.05) is 30.3 Å². The van der Waals surface area contributed by atoms with Crippen molar-refractivity contribution in [3.05, 3.63) is 66.0 Å². The molecule has 0 saturated heterocycles. The van der Waals surface area contributed by atoms with E-state index < -0.39 is 0 Å². The number of aromatic nitrogens is 2. The molecule has 0 unspecified atom stereocenters. The van der Waals surface area contributed by atoms with Gasteiger partial charge in [-0.05, 0) is 38.5 Å². The number of hydrogen-bond acceptors (Lipinski definition) is 6. The largest absolute Gasteiger partial charge is 0.493 e. The fourth-order valence-corrected chi connectivity index (χ4v) is 3.13. The van der Waals surface area contributed by atoms with Crippen molar-refractivity contribution in [3.63, 3.8) is 0 Å². The number of nitrogens with zero attached hydrogens (tertiary/aromatic N) is 3. The first kappa shape index (κ1) is 20.5. The Kier molecular flexibility index (Phi) is 6.54. The summed E-state index contributed by atoms with van der Waals surface area (Å²) in [5.74, 6) is 3.68. The molecule has 0 aliphatic rings. The lowest BCUT2D eigenvalue weighted by atomic mass is 10.2. The Bertz CT molecular complexity index is 945. The highest BCUT2D eigenvalue weighted by Gasteiger charge is 2.15. The van der Waals surface area contributed by atoms with Crippen molar-refractivity contribution in [3.8, 4) is 11.5 Å². The summed E-state index contributed by atoms with van der Waals surface area (Å²) in [6, 6.07) is 18.4. The van der Waals surface area contributed by atoms with E-state index in [1.165, 1.54) is 5.56 Å². The molecule has 0 atom stereocenters. The minimum absolute atomic E-state index is 0.290. The maximum atomic E-state index is 5.39. The number of anilines is 3. The zero-order chi connectivity index (χ0) is 20.8. The molecule has 152 valence electrons.